The third-order valence-corrected chi connectivity index (χ3v) is 8.84. The largest absolute Gasteiger partial charge is 0.456 e. The van der Waals surface area contributed by atoms with Crippen molar-refractivity contribution in [2.24, 2.45) is 5.73 Å². The highest BCUT2D eigenvalue weighted by Crippen LogP contribution is 2.44. The molecule has 1 aromatic heterocycles. The van der Waals surface area contributed by atoms with Crippen LogP contribution in [0.3, 0.4) is 0 Å². The summed E-state index contributed by atoms with van der Waals surface area (Å²) in [5.41, 5.74) is 18.5. The van der Waals surface area contributed by atoms with E-state index in [-0.39, 0.29) is 0 Å². The van der Waals surface area contributed by atoms with E-state index in [0.29, 0.717) is 6.54 Å². The summed E-state index contributed by atoms with van der Waals surface area (Å²) in [4.78, 5) is 0. The lowest BCUT2D eigenvalue weighted by Crippen LogP contribution is -2.03. The van der Waals surface area contributed by atoms with Crippen molar-refractivity contribution < 1.29 is 4.42 Å². The van der Waals surface area contributed by atoms with Crippen LogP contribution < -0.4 is 5.73 Å². The lowest BCUT2D eigenvalue weighted by Gasteiger charge is -2.24. The average Bonchev–Trinajstić information content (AvgIpc) is 3.50. The Balaban J connectivity index is 0.000000186. The van der Waals surface area contributed by atoms with Gasteiger partial charge in [-0.05, 0) is 87.7 Å². The minimum absolute atomic E-state index is 0.640. The summed E-state index contributed by atoms with van der Waals surface area (Å²) < 4.78 is 6.07. The topological polar surface area (TPSA) is 63.0 Å². The van der Waals surface area contributed by atoms with Crippen molar-refractivity contribution >= 4 is 50.6 Å². The van der Waals surface area contributed by atoms with Crippen LogP contribution in [0.15, 0.2) is 138 Å². The maximum absolute atomic E-state index is 7.83. The molecule has 224 valence electrons. The minimum atomic E-state index is 0.640. The highest BCUT2D eigenvalue weighted by atomic mass is 16.3. The van der Waals surface area contributed by atoms with E-state index in [2.05, 4.69) is 79.7 Å². The molecule has 0 spiro atoms. The third-order valence-electron chi connectivity index (χ3n) is 8.84. The SMILES string of the molecule is Cc1ccccc1.N=Cc1cccc2oc3ccc(-c4ccc5c6c7c(ccc46)C=CCC7=CC5)cc3c12.NCc1ccccc1. The van der Waals surface area contributed by atoms with Gasteiger partial charge in [0.05, 0.1) is 0 Å². The maximum Gasteiger partial charge on any atom is 0.136 e. The molecule has 2 aliphatic carbocycles. The van der Waals surface area contributed by atoms with Gasteiger partial charge in [-0.25, -0.2) is 0 Å². The van der Waals surface area contributed by atoms with E-state index >= 15 is 0 Å². The van der Waals surface area contributed by atoms with E-state index < -0.39 is 0 Å². The van der Waals surface area contributed by atoms with E-state index in [1.54, 1.807) is 0 Å². The van der Waals surface area contributed by atoms with Gasteiger partial charge >= 0.3 is 0 Å². The van der Waals surface area contributed by atoms with Crippen LogP contribution >= 0.6 is 0 Å². The van der Waals surface area contributed by atoms with Gasteiger partial charge in [-0.2, -0.15) is 0 Å². The molecule has 0 atom stereocenters. The zero-order valence-electron chi connectivity index (χ0n) is 26.0. The maximum atomic E-state index is 7.83. The molecule has 0 unspecified atom stereocenters. The summed E-state index contributed by atoms with van der Waals surface area (Å²) in [5.74, 6) is 0. The quantitative estimate of drug-likeness (QED) is 0.199. The van der Waals surface area contributed by atoms with Gasteiger partial charge in [-0.15, -0.1) is 0 Å². The van der Waals surface area contributed by atoms with Gasteiger partial charge in [0.15, 0.2) is 0 Å². The van der Waals surface area contributed by atoms with Gasteiger partial charge in [0.25, 0.3) is 0 Å². The number of fused-ring (bicyclic) bond motifs is 3. The van der Waals surface area contributed by atoms with E-state index in [1.807, 2.05) is 66.7 Å². The van der Waals surface area contributed by atoms with E-state index in [1.165, 1.54) is 61.5 Å². The fourth-order valence-electron chi connectivity index (χ4n) is 6.56. The average molecular weight is 597 g/mol. The molecule has 0 radical (unpaired) electrons. The summed E-state index contributed by atoms with van der Waals surface area (Å²) >= 11 is 0. The Morgan fingerprint density at radius 2 is 1.54 bits per heavy atom. The van der Waals surface area contributed by atoms with E-state index in [4.69, 9.17) is 15.6 Å². The van der Waals surface area contributed by atoms with Crippen molar-refractivity contribution in [3.8, 4) is 11.1 Å². The minimum Gasteiger partial charge on any atom is -0.456 e. The molecule has 0 saturated heterocycles. The van der Waals surface area contributed by atoms with Gasteiger partial charge in [0.2, 0.25) is 0 Å². The van der Waals surface area contributed by atoms with Crippen LogP contribution in [0.2, 0.25) is 0 Å². The van der Waals surface area contributed by atoms with E-state index in [0.717, 1.165) is 40.3 Å². The zero-order valence-corrected chi connectivity index (χ0v) is 26.0. The van der Waals surface area contributed by atoms with Crippen LogP contribution in [0, 0.1) is 12.3 Å². The van der Waals surface area contributed by atoms with Gasteiger partial charge in [0.1, 0.15) is 11.2 Å². The van der Waals surface area contributed by atoms with Crippen molar-refractivity contribution in [2.75, 3.05) is 0 Å². The summed E-state index contributed by atoms with van der Waals surface area (Å²) in [5, 5.41) is 12.6. The predicted molar refractivity (Wildman–Crippen MR) is 195 cm³/mol. The molecule has 0 saturated carbocycles. The molecule has 9 rings (SSSR count). The second kappa shape index (κ2) is 12.8. The van der Waals surface area contributed by atoms with E-state index in [9.17, 15) is 0 Å². The van der Waals surface area contributed by atoms with Crippen molar-refractivity contribution in [3.05, 3.63) is 167 Å². The number of allylic oxidation sites excluding steroid dienone is 3. The Kier molecular flexibility index (Phi) is 8.16. The predicted octanol–water partition coefficient (Wildman–Crippen LogP) is 10.9. The molecule has 0 aliphatic heterocycles. The first kappa shape index (κ1) is 29.2. The summed E-state index contributed by atoms with van der Waals surface area (Å²) in [6.07, 6.45) is 10.4. The lowest BCUT2D eigenvalue weighted by atomic mass is 9.80. The number of nitrogens with two attached hydrogens (primary N) is 1. The van der Waals surface area contributed by atoms with Gasteiger partial charge in [-0.1, -0.05) is 127 Å². The van der Waals surface area contributed by atoms with Crippen LogP contribution in [0.4, 0.5) is 0 Å². The molecule has 2 aliphatic rings. The first-order valence-corrected chi connectivity index (χ1v) is 15.8. The smallest absolute Gasteiger partial charge is 0.136 e. The number of hydrogen-bond acceptors (Lipinski definition) is 3. The number of rotatable bonds is 3. The summed E-state index contributed by atoms with van der Waals surface area (Å²) in [7, 11) is 0. The summed E-state index contributed by atoms with van der Waals surface area (Å²) in [6, 6.07) is 41.7. The van der Waals surface area contributed by atoms with Crippen LogP contribution in [0.25, 0.3) is 55.5 Å². The number of nitrogens with one attached hydrogen (secondary N) is 1. The molecule has 0 bridgehead atoms. The van der Waals surface area contributed by atoms with Gasteiger partial charge < -0.3 is 15.6 Å². The first-order valence-electron chi connectivity index (χ1n) is 15.8. The Morgan fingerprint density at radius 3 is 2.26 bits per heavy atom. The Bertz CT molecular complexity index is 2260. The molecule has 3 nitrogen and oxygen atoms in total. The fourth-order valence-corrected chi connectivity index (χ4v) is 6.56. The van der Waals surface area contributed by atoms with Crippen molar-refractivity contribution in [3.63, 3.8) is 0 Å². The third kappa shape index (κ3) is 5.58. The van der Waals surface area contributed by atoms with Crippen LogP contribution in [-0.4, -0.2) is 6.21 Å². The second-order valence-corrected chi connectivity index (χ2v) is 11.8. The molecule has 0 fully saturated rings. The van der Waals surface area contributed by atoms with Gasteiger partial charge in [-0.3, -0.25) is 0 Å². The Morgan fingerprint density at radius 1 is 0.739 bits per heavy atom. The molecule has 6 aromatic carbocycles. The molecule has 3 heteroatoms. The Labute approximate surface area is 269 Å². The summed E-state index contributed by atoms with van der Waals surface area (Å²) in [6.45, 7) is 2.72. The van der Waals surface area contributed by atoms with Crippen molar-refractivity contribution in [1.82, 2.24) is 0 Å². The zero-order chi connectivity index (χ0) is 31.5. The monoisotopic (exact) mass is 596 g/mol. The second-order valence-electron chi connectivity index (χ2n) is 11.8. The molecule has 1 heterocycles. The lowest BCUT2D eigenvalue weighted by molar-refractivity contribution is 0.669. The molecule has 0 amide bonds. The Hall–Kier alpha value is -5.51. The van der Waals surface area contributed by atoms with Crippen LogP contribution in [0.1, 0.15) is 39.8 Å². The standard InChI is InChI=1S/C29H19NO.C7H9N.C7H8/c30-16-21-5-2-6-26-28(21)24-15-20(11-14-25(24)31-26)22-12-9-19-8-7-17-3-1-4-18-10-13-23(22)29(19)27(17)18;8-6-7-4-2-1-3-5-7;1-7-5-3-2-4-6-7/h1-2,4-7,9-16,30H,3,8H2;1-5H,6,8H2;2-6H,1H3. The van der Waals surface area contributed by atoms with Crippen molar-refractivity contribution in [2.45, 2.75) is 26.3 Å². The molecular formula is C43H36N2O. The highest BCUT2D eigenvalue weighted by Gasteiger charge is 2.21. The van der Waals surface area contributed by atoms with Gasteiger partial charge in [0, 0.05) is 29.1 Å². The number of aryl methyl sites for hydroxylation is 1. The molecule has 46 heavy (non-hydrogen) atoms. The molecule has 7 aromatic rings. The number of benzene rings is 6. The van der Waals surface area contributed by atoms with Crippen LogP contribution in [0.5, 0.6) is 0 Å². The fraction of sp³-hybridized carbons (Fsp3) is 0.0930. The van der Waals surface area contributed by atoms with Crippen LogP contribution in [-0.2, 0) is 13.0 Å². The molecular weight excluding hydrogens is 560 g/mol. The number of hydrogen-bond donors (Lipinski definition) is 2. The first-order chi connectivity index (χ1) is 22.6. The van der Waals surface area contributed by atoms with Crippen molar-refractivity contribution in [1.29, 1.82) is 5.41 Å². The highest BCUT2D eigenvalue weighted by molar-refractivity contribution is 6.14. The normalized spacial score (nSPS) is 12.6. The molecule has 3 N–H and O–H groups in total. The number of furan rings is 1.